The maximum absolute atomic E-state index is 6.14. The number of anilines is 1. The number of nitrogens with zero attached hydrogens (tertiary/aromatic N) is 2. The molecular weight excluding hydrogens is 302 g/mol. The molecule has 6 heteroatoms. The highest BCUT2D eigenvalue weighted by Crippen LogP contribution is 2.30. The van der Waals surface area contributed by atoms with E-state index in [1.54, 1.807) is 18.2 Å². The van der Waals surface area contributed by atoms with Crippen molar-refractivity contribution in [1.82, 2.24) is 10.1 Å². The molecule has 2 aromatic carbocycles. The summed E-state index contributed by atoms with van der Waals surface area (Å²) in [5.41, 5.74) is 7.80. The van der Waals surface area contributed by atoms with Gasteiger partial charge in [0, 0.05) is 11.3 Å². The van der Waals surface area contributed by atoms with E-state index in [1.165, 1.54) is 0 Å². The van der Waals surface area contributed by atoms with E-state index >= 15 is 0 Å². The highest BCUT2D eigenvalue weighted by molar-refractivity contribution is 6.33. The summed E-state index contributed by atoms with van der Waals surface area (Å²) >= 11 is 6.14. The fraction of sp³-hybridized carbons (Fsp3) is 0.125. The molecule has 22 heavy (non-hydrogen) atoms. The molecule has 0 saturated heterocycles. The smallest absolute Gasteiger partial charge is 0.259 e. The number of hydrogen-bond acceptors (Lipinski definition) is 5. The normalized spacial score (nSPS) is 10.6. The number of ether oxygens (including phenoxy) is 1. The van der Waals surface area contributed by atoms with Crippen LogP contribution in [-0.4, -0.2) is 16.7 Å². The van der Waals surface area contributed by atoms with Crippen molar-refractivity contribution in [3.63, 3.8) is 0 Å². The minimum absolute atomic E-state index is 0.334. The molecule has 1 aromatic heterocycles. The Morgan fingerprint density at radius 3 is 2.68 bits per heavy atom. The summed E-state index contributed by atoms with van der Waals surface area (Å²) in [6.07, 6.45) is 0. The fourth-order valence-electron chi connectivity index (χ4n) is 2.02. The van der Waals surface area contributed by atoms with Crippen molar-refractivity contribution in [3.05, 3.63) is 47.5 Å². The molecule has 0 amide bonds. The summed E-state index contributed by atoms with van der Waals surface area (Å²) in [5, 5.41) is 4.49. The number of rotatable bonds is 4. The van der Waals surface area contributed by atoms with Crippen LogP contribution < -0.4 is 10.5 Å². The Morgan fingerprint density at radius 1 is 1.18 bits per heavy atom. The van der Waals surface area contributed by atoms with Crippen LogP contribution in [0.4, 0.5) is 5.69 Å². The van der Waals surface area contributed by atoms with Gasteiger partial charge in [0.1, 0.15) is 5.75 Å². The molecule has 0 spiro atoms. The highest BCUT2D eigenvalue weighted by atomic mass is 35.5. The number of aromatic nitrogens is 2. The molecule has 3 aromatic rings. The summed E-state index contributed by atoms with van der Waals surface area (Å²) in [7, 11) is 0. The van der Waals surface area contributed by atoms with Crippen LogP contribution in [0.3, 0.4) is 0 Å². The molecule has 0 radical (unpaired) electrons. The van der Waals surface area contributed by atoms with Gasteiger partial charge >= 0.3 is 0 Å². The standard InChI is InChI=1S/C16H14ClN3O2/c1-2-21-12-6-3-10(4-7-12)15-19-16(22-20-15)13-9-11(18)5-8-14(13)17/h3-9H,2,18H2,1H3. The zero-order valence-electron chi connectivity index (χ0n) is 11.9. The highest BCUT2D eigenvalue weighted by Gasteiger charge is 2.14. The lowest BCUT2D eigenvalue weighted by Crippen LogP contribution is -1.91. The van der Waals surface area contributed by atoms with Crippen LogP contribution in [-0.2, 0) is 0 Å². The van der Waals surface area contributed by atoms with Crippen molar-refractivity contribution in [2.24, 2.45) is 0 Å². The Hall–Kier alpha value is -2.53. The molecule has 3 rings (SSSR count). The van der Waals surface area contributed by atoms with Gasteiger partial charge in [0.05, 0.1) is 17.2 Å². The number of nitrogen functional groups attached to an aromatic ring is 1. The molecule has 0 aliphatic carbocycles. The maximum Gasteiger partial charge on any atom is 0.259 e. The van der Waals surface area contributed by atoms with Crippen LogP contribution in [0.2, 0.25) is 5.02 Å². The molecule has 0 fully saturated rings. The molecule has 112 valence electrons. The molecule has 0 unspecified atom stereocenters. The lowest BCUT2D eigenvalue weighted by Gasteiger charge is -2.02. The molecule has 1 heterocycles. The predicted octanol–water partition coefficient (Wildman–Crippen LogP) is 4.04. The molecule has 0 bridgehead atoms. The van der Waals surface area contributed by atoms with Crippen molar-refractivity contribution in [1.29, 1.82) is 0 Å². The summed E-state index contributed by atoms with van der Waals surface area (Å²) in [5.74, 6) is 1.62. The summed E-state index contributed by atoms with van der Waals surface area (Å²) in [6.45, 7) is 2.56. The third-order valence-corrected chi connectivity index (χ3v) is 3.40. The predicted molar refractivity (Wildman–Crippen MR) is 85.8 cm³/mol. The van der Waals surface area contributed by atoms with Crippen molar-refractivity contribution in [2.75, 3.05) is 12.3 Å². The van der Waals surface area contributed by atoms with Gasteiger partial charge in [0.2, 0.25) is 5.82 Å². The van der Waals surface area contributed by atoms with Crippen molar-refractivity contribution in [2.45, 2.75) is 6.92 Å². The monoisotopic (exact) mass is 315 g/mol. The first-order valence-electron chi connectivity index (χ1n) is 6.79. The molecule has 0 saturated carbocycles. The number of hydrogen-bond donors (Lipinski definition) is 1. The SMILES string of the molecule is CCOc1ccc(-c2noc(-c3cc(N)ccc3Cl)n2)cc1. The average Bonchev–Trinajstić information content (AvgIpc) is 3.00. The molecule has 0 atom stereocenters. The summed E-state index contributed by atoms with van der Waals surface area (Å²) in [6, 6.07) is 12.6. The fourth-order valence-corrected chi connectivity index (χ4v) is 2.22. The molecule has 2 N–H and O–H groups in total. The van der Waals surface area contributed by atoms with E-state index in [2.05, 4.69) is 10.1 Å². The van der Waals surface area contributed by atoms with Gasteiger partial charge in [0.25, 0.3) is 5.89 Å². The molecule has 5 nitrogen and oxygen atoms in total. The third-order valence-electron chi connectivity index (χ3n) is 3.07. The van der Waals surface area contributed by atoms with Crippen LogP contribution in [0.5, 0.6) is 5.75 Å². The Morgan fingerprint density at radius 2 is 1.95 bits per heavy atom. The van der Waals surface area contributed by atoms with Crippen LogP contribution in [0, 0.1) is 0 Å². The second-order valence-electron chi connectivity index (χ2n) is 4.62. The van der Waals surface area contributed by atoms with Gasteiger partial charge < -0.3 is 15.0 Å². The largest absolute Gasteiger partial charge is 0.494 e. The minimum atomic E-state index is 0.334. The van der Waals surface area contributed by atoms with Gasteiger partial charge in [-0.15, -0.1) is 0 Å². The quantitative estimate of drug-likeness (QED) is 0.735. The topological polar surface area (TPSA) is 74.2 Å². The van der Waals surface area contributed by atoms with Gasteiger partial charge in [-0.05, 0) is 49.4 Å². The Kier molecular flexibility index (Phi) is 3.98. The lowest BCUT2D eigenvalue weighted by atomic mass is 10.2. The van der Waals surface area contributed by atoms with E-state index < -0.39 is 0 Å². The van der Waals surface area contributed by atoms with E-state index in [1.807, 2.05) is 31.2 Å². The Labute approximate surface area is 132 Å². The second kappa shape index (κ2) is 6.07. The van der Waals surface area contributed by atoms with E-state index in [0.717, 1.165) is 11.3 Å². The summed E-state index contributed by atoms with van der Waals surface area (Å²) in [4.78, 5) is 4.37. The first kappa shape index (κ1) is 14.4. The van der Waals surface area contributed by atoms with E-state index in [4.69, 9.17) is 26.6 Å². The maximum atomic E-state index is 6.14. The Bertz CT molecular complexity index is 784. The first-order valence-corrected chi connectivity index (χ1v) is 7.17. The lowest BCUT2D eigenvalue weighted by molar-refractivity contribution is 0.340. The number of nitrogens with two attached hydrogens (primary N) is 1. The van der Waals surface area contributed by atoms with E-state index in [0.29, 0.717) is 34.6 Å². The average molecular weight is 316 g/mol. The van der Waals surface area contributed by atoms with Crippen molar-refractivity contribution < 1.29 is 9.26 Å². The van der Waals surface area contributed by atoms with Crippen LogP contribution in [0.1, 0.15) is 6.92 Å². The van der Waals surface area contributed by atoms with Gasteiger partial charge in [-0.25, -0.2) is 0 Å². The zero-order chi connectivity index (χ0) is 15.5. The third kappa shape index (κ3) is 2.89. The van der Waals surface area contributed by atoms with Gasteiger partial charge in [-0.2, -0.15) is 4.98 Å². The summed E-state index contributed by atoms with van der Waals surface area (Å²) < 4.78 is 10.7. The van der Waals surface area contributed by atoms with E-state index in [9.17, 15) is 0 Å². The Balaban J connectivity index is 1.91. The second-order valence-corrected chi connectivity index (χ2v) is 5.03. The minimum Gasteiger partial charge on any atom is -0.494 e. The van der Waals surface area contributed by atoms with Crippen molar-refractivity contribution >= 4 is 17.3 Å². The van der Waals surface area contributed by atoms with Gasteiger partial charge in [-0.3, -0.25) is 0 Å². The molecular formula is C16H14ClN3O2. The zero-order valence-corrected chi connectivity index (χ0v) is 12.7. The van der Waals surface area contributed by atoms with Gasteiger partial charge in [0.15, 0.2) is 0 Å². The first-order chi connectivity index (χ1) is 10.7. The van der Waals surface area contributed by atoms with Crippen LogP contribution in [0.25, 0.3) is 22.8 Å². The van der Waals surface area contributed by atoms with Crippen LogP contribution in [0.15, 0.2) is 47.0 Å². The van der Waals surface area contributed by atoms with Gasteiger partial charge in [-0.1, -0.05) is 16.8 Å². The molecule has 0 aliphatic rings. The van der Waals surface area contributed by atoms with E-state index in [-0.39, 0.29) is 0 Å². The van der Waals surface area contributed by atoms with Crippen LogP contribution >= 0.6 is 11.6 Å². The molecule has 0 aliphatic heterocycles. The number of halogens is 1. The van der Waals surface area contributed by atoms with Crippen molar-refractivity contribution in [3.8, 4) is 28.6 Å². The number of benzene rings is 2.